The summed E-state index contributed by atoms with van der Waals surface area (Å²) in [5, 5.41) is 2.71. The van der Waals surface area contributed by atoms with Gasteiger partial charge in [0.15, 0.2) is 6.54 Å². The Hall–Kier alpha value is -3.19. The maximum absolute atomic E-state index is 13.2. The molecule has 0 aliphatic carbocycles. The number of carbonyl (C=O) groups is 2. The Morgan fingerprint density at radius 2 is 1.93 bits per heavy atom. The zero-order valence-corrected chi connectivity index (χ0v) is 17.1. The van der Waals surface area contributed by atoms with E-state index in [2.05, 4.69) is 5.32 Å². The third kappa shape index (κ3) is 6.15. The summed E-state index contributed by atoms with van der Waals surface area (Å²) in [5.74, 6) is 0.152. The number of para-hydroxylation sites is 1. The number of halogens is 1. The maximum atomic E-state index is 13.2. The van der Waals surface area contributed by atoms with Crippen LogP contribution in [0.15, 0.2) is 54.6 Å². The molecule has 6 nitrogen and oxygen atoms in total. The summed E-state index contributed by atoms with van der Waals surface area (Å²) in [4.78, 5) is 27.6. The Bertz CT molecular complexity index is 908. The molecule has 3 rings (SSSR count). The zero-order valence-electron chi connectivity index (χ0n) is 17.1. The van der Waals surface area contributed by atoms with Crippen molar-refractivity contribution >= 4 is 23.6 Å². The minimum Gasteiger partial charge on any atom is -0.493 e. The fraction of sp³-hybridized carbons (Fsp3) is 0.304. The van der Waals surface area contributed by atoms with Crippen molar-refractivity contribution in [1.29, 1.82) is 0 Å². The summed E-state index contributed by atoms with van der Waals surface area (Å²) in [6.45, 7) is 5.31. The molecule has 0 aromatic heterocycles. The van der Waals surface area contributed by atoms with E-state index in [1.54, 1.807) is 29.2 Å². The first-order chi connectivity index (χ1) is 14.5. The molecule has 2 aromatic rings. The highest BCUT2D eigenvalue weighted by Gasteiger charge is 2.24. The van der Waals surface area contributed by atoms with Crippen LogP contribution in [0.3, 0.4) is 0 Å². The molecule has 0 radical (unpaired) electrons. The molecule has 0 bridgehead atoms. The highest BCUT2D eigenvalue weighted by Crippen LogP contribution is 2.19. The van der Waals surface area contributed by atoms with E-state index in [9.17, 15) is 14.0 Å². The molecule has 30 heavy (non-hydrogen) atoms. The van der Waals surface area contributed by atoms with Crippen LogP contribution in [-0.4, -0.2) is 56.0 Å². The number of amides is 2. The van der Waals surface area contributed by atoms with Crippen LogP contribution >= 0.6 is 0 Å². The smallest absolute Gasteiger partial charge is 0.279 e. The van der Waals surface area contributed by atoms with Gasteiger partial charge in [0.2, 0.25) is 5.91 Å². The van der Waals surface area contributed by atoms with Gasteiger partial charge >= 0.3 is 0 Å². The quantitative estimate of drug-likeness (QED) is 0.679. The normalized spacial score (nSPS) is 14.7. The number of anilines is 1. The first kappa shape index (κ1) is 21.5. The maximum Gasteiger partial charge on any atom is 0.279 e. The lowest BCUT2D eigenvalue weighted by Gasteiger charge is -2.31. The molecule has 1 saturated heterocycles. The van der Waals surface area contributed by atoms with E-state index in [0.717, 1.165) is 16.2 Å². The predicted molar refractivity (Wildman–Crippen MR) is 114 cm³/mol. The van der Waals surface area contributed by atoms with Crippen molar-refractivity contribution in [3.05, 3.63) is 66.0 Å². The van der Waals surface area contributed by atoms with Gasteiger partial charge in [-0.15, -0.1) is 0 Å². The number of carbonyl (C=O) groups excluding carboxylic acids is 2. The minimum atomic E-state index is -0.385. The summed E-state index contributed by atoms with van der Waals surface area (Å²) in [5.41, 5.74) is 1.32. The number of nitrogens with one attached hydrogen (secondary N) is 2. The first-order valence-electron chi connectivity index (χ1n) is 10.1. The first-order valence-corrected chi connectivity index (χ1v) is 10.1. The van der Waals surface area contributed by atoms with E-state index >= 15 is 0 Å². The van der Waals surface area contributed by atoms with Gasteiger partial charge < -0.3 is 19.9 Å². The van der Waals surface area contributed by atoms with Crippen LogP contribution in [0.1, 0.15) is 12.5 Å². The highest BCUT2D eigenvalue weighted by atomic mass is 19.1. The Morgan fingerprint density at radius 1 is 1.17 bits per heavy atom. The number of benzene rings is 2. The second-order valence-electron chi connectivity index (χ2n) is 7.11. The molecule has 1 aliphatic heterocycles. The van der Waals surface area contributed by atoms with Crippen LogP contribution in [0.2, 0.25) is 0 Å². The number of rotatable bonds is 7. The van der Waals surface area contributed by atoms with Gasteiger partial charge in [-0.2, -0.15) is 0 Å². The van der Waals surface area contributed by atoms with Crippen LogP contribution in [-0.2, 0) is 9.59 Å². The molecule has 2 aromatic carbocycles. The topological polar surface area (TPSA) is 63.1 Å². The highest BCUT2D eigenvalue weighted by molar-refractivity contribution is 5.92. The number of ether oxygens (including phenoxy) is 1. The summed E-state index contributed by atoms with van der Waals surface area (Å²) < 4.78 is 18.8. The Kier molecular flexibility index (Phi) is 7.57. The average molecular weight is 412 g/mol. The van der Waals surface area contributed by atoms with E-state index < -0.39 is 0 Å². The molecular formula is C23H27FN3O3+. The third-order valence-electron chi connectivity index (χ3n) is 4.93. The Labute approximate surface area is 175 Å². The summed E-state index contributed by atoms with van der Waals surface area (Å²) in [7, 11) is 0. The van der Waals surface area contributed by atoms with Crippen LogP contribution in [0.5, 0.6) is 5.75 Å². The summed E-state index contributed by atoms with van der Waals surface area (Å²) in [6.07, 6.45) is 3.35. The van der Waals surface area contributed by atoms with Gasteiger partial charge in [-0.05, 0) is 37.3 Å². The SMILES string of the molecule is CCOc1ccccc1/C=C/C(=O)N1CC[NH+](CC(=O)Nc2cccc(F)c2)CC1. The van der Waals surface area contributed by atoms with Crippen molar-refractivity contribution in [2.75, 3.05) is 44.6 Å². The lowest BCUT2D eigenvalue weighted by atomic mass is 10.2. The van der Waals surface area contributed by atoms with E-state index in [1.807, 2.05) is 31.2 Å². The van der Waals surface area contributed by atoms with Crippen molar-refractivity contribution in [3.63, 3.8) is 0 Å². The van der Waals surface area contributed by atoms with Crippen LogP contribution in [0, 0.1) is 5.82 Å². The molecule has 2 N–H and O–H groups in total. The third-order valence-corrected chi connectivity index (χ3v) is 4.93. The number of hydrogen-bond acceptors (Lipinski definition) is 3. The van der Waals surface area contributed by atoms with Crippen molar-refractivity contribution in [3.8, 4) is 5.75 Å². The molecule has 1 heterocycles. The van der Waals surface area contributed by atoms with Gasteiger partial charge in [-0.3, -0.25) is 9.59 Å². The zero-order chi connectivity index (χ0) is 21.3. The molecule has 1 aliphatic rings. The molecule has 0 spiro atoms. The lowest BCUT2D eigenvalue weighted by Crippen LogP contribution is -3.15. The van der Waals surface area contributed by atoms with E-state index in [4.69, 9.17) is 4.74 Å². The number of hydrogen-bond donors (Lipinski definition) is 2. The van der Waals surface area contributed by atoms with Gasteiger partial charge in [0.05, 0.1) is 32.8 Å². The second-order valence-corrected chi connectivity index (χ2v) is 7.11. The summed E-state index contributed by atoms with van der Waals surface area (Å²) >= 11 is 0. The van der Waals surface area contributed by atoms with Crippen LogP contribution in [0.25, 0.3) is 6.08 Å². The molecule has 0 saturated carbocycles. The molecule has 0 unspecified atom stereocenters. The fourth-order valence-corrected chi connectivity index (χ4v) is 3.39. The predicted octanol–water partition coefficient (Wildman–Crippen LogP) is 1.60. The van der Waals surface area contributed by atoms with Gasteiger partial charge in [-0.25, -0.2) is 4.39 Å². The molecule has 1 fully saturated rings. The number of piperazine rings is 1. The van der Waals surface area contributed by atoms with Crippen molar-refractivity contribution in [1.82, 2.24) is 4.90 Å². The van der Waals surface area contributed by atoms with Gasteiger partial charge in [0.1, 0.15) is 11.6 Å². The molecule has 0 atom stereocenters. The lowest BCUT2D eigenvalue weighted by molar-refractivity contribution is -0.895. The largest absolute Gasteiger partial charge is 0.493 e. The fourth-order valence-electron chi connectivity index (χ4n) is 3.39. The molecule has 158 valence electrons. The number of nitrogens with zero attached hydrogens (tertiary/aromatic N) is 1. The van der Waals surface area contributed by atoms with Crippen molar-refractivity contribution in [2.24, 2.45) is 0 Å². The molecule has 2 amide bonds. The average Bonchev–Trinajstić information content (AvgIpc) is 2.73. The van der Waals surface area contributed by atoms with Gasteiger partial charge in [0.25, 0.3) is 5.91 Å². The monoisotopic (exact) mass is 412 g/mol. The standard InChI is InChI=1S/C23H26FN3O3/c1-2-30-21-9-4-3-6-18(21)10-11-23(29)27-14-12-26(13-15-27)17-22(28)25-20-8-5-7-19(24)16-20/h3-11,16H,2,12-15,17H2,1H3,(H,25,28)/p+1/b11-10+. The van der Waals surface area contributed by atoms with Gasteiger partial charge in [-0.1, -0.05) is 24.3 Å². The Morgan fingerprint density at radius 3 is 2.67 bits per heavy atom. The second kappa shape index (κ2) is 10.5. The van der Waals surface area contributed by atoms with Crippen LogP contribution in [0.4, 0.5) is 10.1 Å². The van der Waals surface area contributed by atoms with E-state index in [0.29, 0.717) is 38.5 Å². The van der Waals surface area contributed by atoms with E-state index in [-0.39, 0.29) is 24.2 Å². The van der Waals surface area contributed by atoms with Crippen LogP contribution < -0.4 is 15.0 Å². The molecular weight excluding hydrogens is 385 g/mol. The number of quaternary nitrogens is 1. The molecule has 7 heteroatoms. The van der Waals surface area contributed by atoms with Gasteiger partial charge in [0, 0.05) is 17.3 Å². The van der Waals surface area contributed by atoms with E-state index in [1.165, 1.54) is 12.1 Å². The Balaban J connectivity index is 1.47. The van der Waals surface area contributed by atoms with Crippen molar-refractivity contribution in [2.45, 2.75) is 6.92 Å². The minimum absolute atomic E-state index is 0.0513. The summed E-state index contributed by atoms with van der Waals surface area (Å²) in [6, 6.07) is 13.4. The van der Waals surface area contributed by atoms with Crippen molar-refractivity contribution < 1.29 is 23.6 Å².